The summed E-state index contributed by atoms with van der Waals surface area (Å²) in [5, 5.41) is 0. The highest BCUT2D eigenvalue weighted by Gasteiger charge is 2.55. The Hall–Kier alpha value is -1.04. The molecule has 0 amide bonds. The van der Waals surface area contributed by atoms with Crippen LogP contribution in [0.1, 0.15) is 74.3 Å². The van der Waals surface area contributed by atoms with Crippen LogP contribution < -0.4 is 0 Å². The number of allylic oxidation sites excluding steroid dienone is 2. The zero-order valence-corrected chi connectivity index (χ0v) is 14.6. The lowest BCUT2D eigenvalue weighted by molar-refractivity contribution is 0.0679. The minimum Gasteiger partial charge on any atom is -0.0698 e. The first-order valence-corrected chi connectivity index (χ1v) is 10.7. The fourth-order valence-electron chi connectivity index (χ4n) is 8.87. The van der Waals surface area contributed by atoms with Crippen LogP contribution in [0.25, 0.3) is 0 Å². The number of hydrogen-bond donors (Lipinski definition) is 0. The molecule has 6 fully saturated rings. The summed E-state index contributed by atoms with van der Waals surface area (Å²) in [5.74, 6) is 8.09. The summed E-state index contributed by atoms with van der Waals surface area (Å²) in [4.78, 5) is 0. The van der Waals surface area contributed by atoms with Crippen LogP contribution in [0.2, 0.25) is 0 Å². The van der Waals surface area contributed by atoms with E-state index in [0.717, 1.165) is 47.3 Å². The Balaban J connectivity index is 1.27. The van der Waals surface area contributed by atoms with Gasteiger partial charge in [-0.3, -0.25) is 0 Å². The third-order valence-corrected chi connectivity index (χ3v) is 9.28. The monoisotopic (exact) mass is 316 g/mol. The molecule has 8 rings (SSSR count). The first-order valence-electron chi connectivity index (χ1n) is 10.7. The second-order valence-electron chi connectivity index (χ2n) is 10.2. The summed E-state index contributed by atoms with van der Waals surface area (Å²) in [6.45, 7) is 0. The average Bonchev–Trinajstić information content (AvgIpc) is 3.23. The molecule has 0 N–H and O–H groups in total. The summed E-state index contributed by atoms with van der Waals surface area (Å²) in [6.07, 6.45) is 12.3. The number of benzene rings is 1. The van der Waals surface area contributed by atoms with Crippen LogP contribution in [-0.4, -0.2) is 0 Å². The predicted molar refractivity (Wildman–Crippen MR) is 96.8 cm³/mol. The molecule has 0 heteroatoms. The normalized spacial score (nSPS) is 49.8. The van der Waals surface area contributed by atoms with Crippen molar-refractivity contribution in [1.29, 1.82) is 0 Å². The van der Waals surface area contributed by atoms with E-state index in [2.05, 4.69) is 24.3 Å². The van der Waals surface area contributed by atoms with Gasteiger partial charge in [0.25, 0.3) is 0 Å². The van der Waals surface area contributed by atoms with E-state index in [1.807, 2.05) is 11.1 Å². The topological polar surface area (TPSA) is 0 Å². The molecular formula is C24H28. The molecule has 0 saturated heterocycles. The van der Waals surface area contributed by atoms with Gasteiger partial charge in [0.15, 0.2) is 0 Å². The third kappa shape index (κ3) is 1.53. The molecule has 124 valence electrons. The van der Waals surface area contributed by atoms with Gasteiger partial charge in [-0.2, -0.15) is 0 Å². The van der Waals surface area contributed by atoms with E-state index in [-0.39, 0.29) is 0 Å². The molecule has 0 aromatic heterocycles. The lowest BCUT2D eigenvalue weighted by Gasteiger charge is -2.52. The molecule has 7 aliphatic rings. The standard InChI is InChI=1S/C24H28/c1-2-4-19-18(3-1)22-12-23(19)21-11-17(10-20(21)22)24-15-6-13-5-14(8-15)9-16(24)7-13/h1-4,13-16,20-23H,5-12H2/t13?,14?,15?,16?,20?,21?,22-,23+. The molecule has 4 atom stereocenters. The average molecular weight is 316 g/mol. The zero-order chi connectivity index (χ0) is 15.4. The van der Waals surface area contributed by atoms with Crippen molar-refractivity contribution in [2.24, 2.45) is 35.5 Å². The Bertz CT molecular complexity index is 684. The van der Waals surface area contributed by atoms with Crippen molar-refractivity contribution in [3.63, 3.8) is 0 Å². The number of rotatable bonds is 0. The van der Waals surface area contributed by atoms with E-state index in [1.54, 1.807) is 43.2 Å². The second-order valence-corrected chi connectivity index (χ2v) is 10.2. The minimum absolute atomic E-state index is 0.908. The van der Waals surface area contributed by atoms with Crippen molar-refractivity contribution in [3.8, 4) is 0 Å². The van der Waals surface area contributed by atoms with Gasteiger partial charge >= 0.3 is 0 Å². The molecule has 0 heterocycles. The molecule has 2 unspecified atom stereocenters. The van der Waals surface area contributed by atoms with Gasteiger partial charge in [-0.25, -0.2) is 0 Å². The molecule has 0 aliphatic heterocycles. The fraction of sp³-hybridized carbons (Fsp3) is 0.667. The van der Waals surface area contributed by atoms with E-state index >= 15 is 0 Å². The van der Waals surface area contributed by atoms with Gasteiger partial charge in [0, 0.05) is 0 Å². The summed E-state index contributed by atoms with van der Waals surface area (Å²) < 4.78 is 0. The molecule has 1 aromatic carbocycles. The largest absolute Gasteiger partial charge is 0.0698 e. The Kier molecular flexibility index (Phi) is 2.41. The van der Waals surface area contributed by atoms with Crippen molar-refractivity contribution in [2.45, 2.75) is 63.2 Å². The van der Waals surface area contributed by atoms with Crippen molar-refractivity contribution in [2.75, 3.05) is 0 Å². The van der Waals surface area contributed by atoms with Crippen LogP contribution >= 0.6 is 0 Å². The predicted octanol–water partition coefficient (Wildman–Crippen LogP) is 6.05. The van der Waals surface area contributed by atoms with Gasteiger partial charge in [0.1, 0.15) is 0 Å². The highest BCUT2D eigenvalue weighted by molar-refractivity contribution is 5.46. The molecule has 24 heavy (non-hydrogen) atoms. The quantitative estimate of drug-likeness (QED) is 0.511. The molecule has 6 saturated carbocycles. The van der Waals surface area contributed by atoms with Gasteiger partial charge < -0.3 is 0 Å². The lowest BCUT2D eigenvalue weighted by Crippen LogP contribution is -2.40. The Labute approximate surface area is 145 Å². The summed E-state index contributed by atoms with van der Waals surface area (Å²) in [5.41, 5.74) is 7.50. The first-order chi connectivity index (χ1) is 11.8. The lowest BCUT2D eigenvalue weighted by atomic mass is 9.53. The van der Waals surface area contributed by atoms with Gasteiger partial charge in [-0.15, -0.1) is 0 Å². The number of hydrogen-bond acceptors (Lipinski definition) is 0. The second kappa shape index (κ2) is 4.37. The van der Waals surface area contributed by atoms with Gasteiger partial charge in [0.05, 0.1) is 0 Å². The van der Waals surface area contributed by atoms with Crippen molar-refractivity contribution in [3.05, 3.63) is 46.5 Å². The van der Waals surface area contributed by atoms with Crippen LogP contribution in [-0.2, 0) is 0 Å². The molecular weight excluding hydrogens is 288 g/mol. The zero-order valence-electron chi connectivity index (χ0n) is 14.6. The highest BCUT2D eigenvalue weighted by atomic mass is 14.6. The first kappa shape index (κ1) is 13.2. The summed E-state index contributed by atoms with van der Waals surface area (Å²) in [6, 6.07) is 9.45. The molecule has 0 radical (unpaired) electrons. The van der Waals surface area contributed by atoms with Crippen molar-refractivity contribution < 1.29 is 0 Å². The maximum absolute atomic E-state index is 2.45. The van der Waals surface area contributed by atoms with Gasteiger partial charge in [0.2, 0.25) is 0 Å². The third-order valence-electron chi connectivity index (χ3n) is 9.28. The number of fused-ring (bicyclic) bond motifs is 8. The van der Waals surface area contributed by atoms with E-state index in [1.165, 1.54) is 19.3 Å². The maximum atomic E-state index is 2.45. The van der Waals surface area contributed by atoms with E-state index in [9.17, 15) is 0 Å². The highest BCUT2D eigenvalue weighted by Crippen LogP contribution is 2.67. The molecule has 0 nitrogen and oxygen atoms in total. The Morgan fingerprint density at radius 2 is 1.17 bits per heavy atom. The SMILES string of the molecule is c1ccc2c(c1)[C@H]1C[C@@H]2C2CC(=C3C4CC5CC(C4)CC3C5)CC21. The van der Waals surface area contributed by atoms with E-state index < -0.39 is 0 Å². The van der Waals surface area contributed by atoms with E-state index in [0.29, 0.717) is 0 Å². The maximum Gasteiger partial charge on any atom is -0.0119 e. The molecule has 1 aromatic rings. The fourth-order valence-corrected chi connectivity index (χ4v) is 8.87. The molecule has 6 bridgehead atoms. The van der Waals surface area contributed by atoms with Gasteiger partial charge in [-0.1, -0.05) is 35.4 Å². The van der Waals surface area contributed by atoms with Crippen LogP contribution in [0.15, 0.2) is 35.4 Å². The van der Waals surface area contributed by atoms with Crippen molar-refractivity contribution >= 4 is 0 Å². The van der Waals surface area contributed by atoms with E-state index in [4.69, 9.17) is 0 Å². The summed E-state index contributed by atoms with van der Waals surface area (Å²) in [7, 11) is 0. The van der Waals surface area contributed by atoms with Crippen LogP contribution in [0.5, 0.6) is 0 Å². The Morgan fingerprint density at radius 1 is 0.625 bits per heavy atom. The van der Waals surface area contributed by atoms with Crippen LogP contribution in [0.3, 0.4) is 0 Å². The molecule has 0 spiro atoms. The smallest absolute Gasteiger partial charge is 0.0119 e. The van der Waals surface area contributed by atoms with Crippen LogP contribution in [0, 0.1) is 35.5 Å². The van der Waals surface area contributed by atoms with Gasteiger partial charge in [-0.05, 0) is 110 Å². The van der Waals surface area contributed by atoms with Crippen LogP contribution in [0.4, 0.5) is 0 Å². The van der Waals surface area contributed by atoms with Crippen molar-refractivity contribution in [1.82, 2.24) is 0 Å². The Morgan fingerprint density at radius 3 is 1.71 bits per heavy atom. The summed E-state index contributed by atoms with van der Waals surface area (Å²) >= 11 is 0. The minimum atomic E-state index is 0.908. The molecule has 7 aliphatic carbocycles.